The Morgan fingerprint density at radius 1 is 1.05 bits per heavy atom. The van der Waals surface area contributed by atoms with Crippen molar-refractivity contribution in [1.82, 2.24) is 5.01 Å². The molecule has 0 unspecified atom stereocenters. The largest absolute Gasteiger partial charge is 0.398 e. The molecule has 0 bridgehead atoms. The zero-order chi connectivity index (χ0) is 16.1. The van der Waals surface area contributed by atoms with Crippen LogP contribution < -0.4 is 10.6 Å². The summed E-state index contributed by atoms with van der Waals surface area (Å²) in [6.07, 6.45) is 1.65. The molecule has 2 aromatic carbocycles. The molecule has 0 heterocycles. The molecule has 0 aliphatic carbocycles. The first kappa shape index (κ1) is 15.6. The van der Waals surface area contributed by atoms with E-state index in [9.17, 15) is 4.79 Å². The van der Waals surface area contributed by atoms with Crippen molar-refractivity contribution >= 4 is 23.5 Å². The fourth-order valence-electron chi connectivity index (χ4n) is 1.93. The quantitative estimate of drug-likeness (QED) is 0.535. The smallest absolute Gasteiger partial charge is 0.275 e. The molecular weight excluding hydrogens is 276 g/mol. The Morgan fingerprint density at radius 2 is 1.68 bits per heavy atom. The molecule has 0 aliphatic rings. The Morgan fingerprint density at radius 3 is 2.27 bits per heavy atom. The second kappa shape index (κ2) is 6.76. The highest BCUT2D eigenvalue weighted by molar-refractivity contribution is 5.99. The molecule has 2 rings (SSSR count). The van der Waals surface area contributed by atoms with Crippen LogP contribution in [0.1, 0.15) is 15.9 Å². The minimum Gasteiger partial charge on any atom is -0.398 e. The predicted octanol–water partition coefficient (Wildman–Crippen LogP) is 2.44. The van der Waals surface area contributed by atoms with Crippen LogP contribution in [0.3, 0.4) is 0 Å². The number of nitrogens with zero attached hydrogens (tertiary/aromatic N) is 3. The lowest BCUT2D eigenvalue weighted by Crippen LogP contribution is -2.22. The number of anilines is 2. The topological polar surface area (TPSA) is 61.9 Å². The molecule has 0 atom stereocenters. The van der Waals surface area contributed by atoms with Crippen molar-refractivity contribution in [2.24, 2.45) is 5.10 Å². The second-order valence-electron chi connectivity index (χ2n) is 5.15. The van der Waals surface area contributed by atoms with E-state index < -0.39 is 0 Å². The molecule has 22 heavy (non-hydrogen) atoms. The van der Waals surface area contributed by atoms with Crippen LogP contribution in [0.5, 0.6) is 0 Å². The molecule has 1 amide bonds. The first-order valence-corrected chi connectivity index (χ1v) is 6.93. The number of hydrazone groups is 1. The number of carbonyl (C=O) groups is 1. The van der Waals surface area contributed by atoms with E-state index in [1.54, 1.807) is 37.5 Å². The molecule has 0 spiro atoms. The van der Waals surface area contributed by atoms with Crippen molar-refractivity contribution in [2.75, 3.05) is 31.8 Å². The fraction of sp³-hybridized carbons (Fsp3) is 0.176. The number of carbonyl (C=O) groups excluding carboxylic acids is 1. The normalized spacial score (nSPS) is 10.7. The van der Waals surface area contributed by atoms with Crippen LogP contribution >= 0.6 is 0 Å². The lowest BCUT2D eigenvalue weighted by atomic mass is 10.1. The van der Waals surface area contributed by atoms with Crippen LogP contribution in [0, 0.1) is 0 Å². The molecule has 5 heteroatoms. The van der Waals surface area contributed by atoms with Crippen molar-refractivity contribution in [3.63, 3.8) is 0 Å². The third kappa shape index (κ3) is 3.63. The predicted molar refractivity (Wildman–Crippen MR) is 91.3 cm³/mol. The van der Waals surface area contributed by atoms with Crippen LogP contribution in [0.4, 0.5) is 11.4 Å². The van der Waals surface area contributed by atoms with E-state index in [4.69, 9.17) is 5.73 Å². The summed E-state index contributed by atoms with van der Waals surface area (Å²) in [5, 5.41) is 5.46. The molecule has 0 aliphatic heterocycles. The van der Waals surface area contributed by atoms with E-state index in [0.717, 1.165) is 11.3 Å². The fourth-order valence-corrected chi connectivity index (χ4v) is 1.93. The molecule has 0 fully saturated rings. The van der Waals surface area contributed by atoms with E-state index in [1.807, 2.05) is 43.3 Å². The first-order chi connectivity index (χ1) is 10.5. The maximum absolute atomic E-state index is 12.3. The van der Waals surface area contributed by atoms with Crippen LogP contribution in [-0.4, -0.2) is 38.3 Å². The van der Waals surface area contributed by atoms with Crippen LogP contribution in [-0.2, 0) is 0 Å². The van der Waals surface area contributed by atoms with Gasteiger partial charge in [0.25, 0.3) is 5.91 Å². The summed E-state index contributed by atoms with van der Waals surface area (Å²) in [5.41, 5.74) is 8.74. The summed E-state index contributed by atoms with van der Waals surface area (Å²) in [5.74, 6) is -0.237. The van der Waals surface area contributed by atoms with Gasteiger partial charge in [0, 0.05) is 32.5 Å². The molecule has 0 radical (unpaired) electrons. The van der Waals surface area contributed by atoms with Gasteiger partial charge >= 0.3 is 0 Å². The molecule has 2 aromatic rings. The maximum atomic E-state index is 12.3. The minimum atomic E-state index is -0.237. The van der Waals surface area contributed by atoms with Gasteiger partial charge in [-0.25, -0.2) is 5.01 Å². The van der Waals surface area contributed by atoms with E-state index >= 15 is 0 Å². The highest BCUT2D eigenvalue weighted by Crippen LogP contribution is 2.14. The highest BCUT2D eigenvalue weighted by atomic mass is 16.2. The van der Waals surface area contributed by atoms with Crippen LogP contribution in [0.2, 0.25) is 0 Å². The van der Waals surface area contributed by atoms with Crippen LogP contribution in [0.25, 0.3) is 0 Å². The number of benzene rings is 2. The van der Waals surface area contributed by atoms with Gasteiger partial charge in [-0.2, -0.15) is 5.10 Å². The Balaban J connectivity index is 2.09. The Labute approximate surface area is 130 Å². The highest BCUT2D eigenvalue weighted by Gasteiger charge is 2.12. The van der Waals surface area contributed by atoms with Crippen molar-refractivity contribution < 1.29 is 4.79 Å². The standard InChI is InChI=1S/C17H20N4O/c1-20(2)14-10-8-13(9-11-14)12-19-21(3)17(22)15-6-4-5-7-16(15)18/h4-12H,18H2,1-3H3. The first-order valence-electron chi connectivity index (χ1n) is 6.93. The van der Waals surface area contributed by atoms with Crippen molar-refractivity contribution in [3.8, 4) is 0 Å². The van der Waals surface area contributed by atoms with Gasteiger partial charge in [0.15, 0.2) is 0 Å². The average Bonchev–Trinajstić information content (AvgIpc) is 2.52. The Kier molecular flexibility index (Phi) is 4.78. The number of hydrogen-bond acceptors (Lipinski definition) is 4. The second-order valence-corrected chi connectivity index (χ2v) is 5.15. The number of rotatable bonds is 4. The number of nitrogen functional groups attached to an aromatic ring is 1. The van der Waals surface area contributed by atoms with Gasteiger partial charge in [0.1, 0.15) is 0 Å². The number of hydrogen-bond donors (Lipinski definition) is 1. The Hall–Kier alpha value is -2.82. The van der Waals surface area contributed by atoms with E-state index in [2.05, 4.69) is 5.10 Å². The van der Waals surface area contributed by atoms with Gasteiger partial charge in [-0.1, -0.05) is 24.3 Å². The van der Waals surface area contributed by atoms with E-state index in [-0.39, 0.29) is 5.91 Å². The van der Waals surface area contributed by atoms with Gasteiger partial charge in [-0.15, -0.1) is 0 Å². The van der Waals surface area contributed by atoms with Crippen molar-refractivity contribution in [3.05, 3.63) is 59.7 Å². The molecule has 0 saturated heterocycles. The SMILES string of the molecule is CN(N=Cc1ccc(N(C)C)cc1)C(=O)c1ccccc1N. The number of nitrogens with two attached hydrogens (primary N) is 1. The van der Waals surface area contributed by atoms with Crippen LogP contribution in [0.15, 0.2) is 53.6 Å². The van der Waals surface area contributed by atoms with Crippen molar-refractivity contribution in [1.29, 1.82) is 0 Å². The minimum absolute atomic E-state index is 0.237. The summed E-state index contributed by atoms with van der Waals surface area (Å²) < 4.78 is 0. The van der Waals surface area contributed by atoms with E-state index in [1.165, 1.54) is 5.01 Å². The molecule has 0 aromatic heterocycles. The summed E-state index contributed by atoms with van der Waals surface area (Å²) in [6, 6.07) is 14.9. The monoisotopic (exact) mass is 296 g/mol. The summed E-state index contributed by atoms with van der Waals surface area (Å²) >= 11 is 0. The Bertz CT molecular complexity index is 677. The zero-order valence-electron chi connectivity index (χ0n) is 13.0. The zero-order valence-corrected chi connectivity index (χ0v) is 13.0. The summed E-state index contributed by atoms with van der Waals surface area (Å²) in [7, 11) is 5.58. The third-order valence-corrected chi connectivity index (χ3v) is 3.27. The lowest BCUT2D eigenvalue weighted by molar-refractivity contribution is 0.0801. The summed E-state index contributed by atoms with van der Waals surface area (Å²) in [4.78, 5) is 14.3. The molecule has 114 valence electrons. The number of para-hydroxylation sites is 1. The van der Waals surface area contributed by atoms with Gasteiger partial charge in [-0.3, -0.25) is 4.79 Å². The molecular formula is C17H20N4O. The maximum Gasteiger partial charge on any atom is 0.275 e. The molecule has 0 saturated carbocycles. The van der Waals surface area contributed by atoms with Gasteiger partial charge in [0.2, 0.25) is 0 Å². The van der Waals surface area contributed by atoms with Gasteiger partial charge in [-0.05, 0) is 29.8 Å². The molecule has 5 nitrogen and oxygen atoms in total. The van der Waals surface area contributed by atoms with Crippen molar-refractivity contribution in [2.45, 2.75) is 0 Å². The van der Waals surface area contributed by atoms with Gasteiger partial charge in [0.05, 0.1) is 11.8 Å². The summed E-state index contributed by atoms with van der Waals surface area (Å²) in [6.45, 7) is 0. The van der Waals surface area contributed by atoms with Gasteiger partial charge < -0.3 is 10.6 Å². The number of amides is 1. The third-order valence-electron chi connectivity index (χ3n) is 3.27. The van der Waals surface area contributed by atoms with E-state index in [0.29, 0.717) is 11.3 Å². The molecule has 2 N–H and O–H groups in total. The average molecular weight is 296 g/mol. The lowest BCUT2D eigenvalue weighted by Gasteiger charge is -2.13.